The Bertz CT molecular complexity index is 986. The van der Waals surface area contributed by atoms with Gasteiger partial charge in [-0.05, 0) is 24.0 Å². The Morgan fingerprint density at radius 2 is 2.04 bits per heavy atom. The van der Waals surface area contributed by atoms with Crippen LogP contribution in [0.15, 0.2) is 24.4 Å². The molecule has 152 valence electrons. The minimum absolute atomic E-state index is 0.0208. The zero-order chi connectivity index (χ0) is 23.8. The number of carbonyl (C=O) groups excluding carboxylic acids is 1. The predicted molar refractivity (Wildman–Crippen MR) is 93.3 cm³/mol. The number of benzene rings is 1. The Balaban J connectivity index is 2.83. The summed E-state index contributed by atoms with van der Waals surface area (Å²) in [6.07, 6.45) is -4.25. The van der Waals surface area contributed by atoms with E-state index in [1.165, 1.54) is 6.92 Å². The van der Waals surface area contributed by atoms with Crippen molar-refractivity contribution in [2.45, 2.75) is 31.5 Å². The van der Waals surface area contributed by atoms with Gasteiger partial charge in [-0.25, -0.2) is 4.98 Å². The molecule has 28 heavy (non-hydrogen) atoms. The van der Waals surface area contributed by atoms with Crippen molar-refractivity contribution in [2.24, 2.45) is 5.73 Å². The maximum atomic E-state index is 13.4. The molecule has 0 aliphatic heterocycles. The molecule has 1 aromatic carbocycles. The first kappa shape index (κ1) is 17.5. The molecule has 1 amide bonds. The van der Waals surface area contributed by atoms with Crippen molar-refractivity contribution >= 4 is 5.91 Å². The molecule has 1 heterocycles. The number of primary amides is 1. The minimum Gasteiger partial charge on any atom is -0.396 e. The van der Waals surface area contributed by atoms with Gasteiger partial charge < -0.3 is 21.1 Å². The summed E-state index contributed by atoms with van der Waals surface area (Å²) in [5.74, 6) is -1.69. The SMILES string of the molecule is [2H]C([2H])([2H])c1ccc([C@](O)(CO)C(F)(F)F)cc1-c1cnc([C@H](C)CO)c(C(N)=O)n1. The van der Waals surface area contributed by atoms with Crippen molar-refractivity contribution in [1.82, 2.24) is 9.97 Å². The Labute approximate surface area is 162 Å². The van der Waals surface area contributed by atoms with Crippen molar-refractivity contribution in [3.05, 3.63) is 46.9 Å². The second-order valence-electron chi connectivity index (χ2n) is 6.21. The van der Waals surface area contributed by atoms with Gasteiger partial charge in [-0.2, -0.15) is 13.2 Å². The number of amides is 1. The number of aryl methyl sites for hydroxylation is 1. The number of nitrogens with two attached hydrogens (primary N) is 1. The quantitative estimate of drug-likeness (QED) is 0.578. The summed E-state index contributed by atoms with van der Waals surface area (Å²) in [6, 6.07) is 2.30. The van der Waals surface area contributed by atoms with E-state index in [0.717, 1.165) is 24.4 Å². The molecule has 2 atom stereocenters. The van der Waals surface area contributed by atoms with Crippen LogP contribution in [0, 0.1) is 6.85 Å². The van der Waals surface area contributed by atoms with Crippen LogP contribution in [0.3, 0.4) is 0 Å². The van der Waals surface area contributed by atoms with Gasteiger partial charge in [0.2, 0.25) is 5.60 Å². The number of hydrogen-bond donors (Lipinski definition) is 4. The van der Waals surface area contributed by atoms with Crippen LogP contribution in [0.2, 0.25) is 0 Å². The lowest BCUT2D eigenvalue weighted by Gasteiger charge is -2.29. The zero-order valence-corrected chi connectivity index (χ0v) is 14.7. The van der Waals surface area contributed by atoms with Crippen molar-refractivity contribution < 1.29 is 37.4 Å². The zero-order valence-electron chi connectivity index (χ0n) is 17.7. The summed E-state index contributed by atoms with van der Waals surface area (Å²) in [7, 11) is 0. The topological polar surface area (TPSA) is 130 Å². The second kappa shape index (κ2) is 7.82. The largest absolute Gasteiger partial charge is 0.423 e. The number of aliphatic hydroxyl groups is 3. The van der Waals surface area contributed by atoms with Gasteiger partial charge in [0.15, 0.2) is 0 Å². The lowest BCUT2D eigenvalue weighted by molar-refractivity contribution is -0.277. The lowest BCUT2D eigenvalue weighted by atomic mass is 9.90. The predicted octanol–water partition coefficient (Wildman–Crippen LogP) is 1.39. The summed E-state index contributed by atoms with van der Waals surface area (Å²) >= 11 is 0. The molecule has 0 saturated carbocycles. The van der Waals surface area contributed by atoms with Crippen LogP contribution in [0.5, 0.6) is 0 Å². The highest BCUT2D eigenvalue weighted by molar-refractivity contribution is 5.92. The average Bonchev–Trinajstić information content (AvgIpc) is 2.70. The number of aromatic nitrogens is 2. The molecule has 2 rings (SSSR count). The molecule has 0 aliphatic carbocycles. The molecule has 0 radical (unpaired) electrons. The van der Waals surface area contributed by atoms with Gasteiger partial charge in [-0.1, -0.05) is 19.1 Å². The van der Waals surface area contributed by atoms with Gasteiger partial charge in [-0.3, -0.25) is 9.78 Å². The summed E-state index contributed by atoms with van der Waals surface area (Å²) in [5.41, 5.74) is -0.660. The molecule has 2 aromatic rings. The molecule has 0 unspecified atom stereocenters. The highest BCUT2D eigenvalue weighted by atomic mass is 19.4. The van der Waals surface area contributed by atoms with E-state index < -0.39 is 60.5 Å². The molecule has 1 aromatic heterocycles. The Kier molecular flexibility index (Phi) is 4.90. The van der Waals surface area contributed by atoms with E-state index in [1.807, 2.05) is 0 Å². The number of nitrogens with zero attached hydrogens (tertiary/aromatic N) is 2. The Hall–Kier alpha value is -2.56. The summed E-state index contributed by atoms with van der Waals surface area (Å²) in [4.78, 5) is 19.8. The molecule has 10 heteroatoms. The average molecular weight is 402 g/mol. The molecule has 0 aliphatic rings. The molecule has 7 nitrogen and oxygen atoms in total. The molecular formula is C18H20F3N3O4. The van der Waals surface area contributed by atoms with Crippen LogP contribution in [-0.2, 0) is 5.60 Å². The van der Waals surface area contributed by atoms with E-state index >= 15 is 0 Å². The van der Waals surface area contributed by atoms with E-state index in [1.54, 1.807) is 0 Å². The molecule has 0 bridgehead atoms. The third kappa shape index (κ3) is 3.84. The third-order valence-corrected chi connectivity index (χ3v) is 4.25. The highest BCUT2D eigenvalue weighted by Crippen LogP contribution is 2.40. The number of carbonyl (C=O) groups is 1. The normalized spacial score (nSPS) is 17.2. The number of rotatable bonds is 6. The summed E-state index contributed by atoms with van der Waals surface area (Å²) < 4.78 is 63.1. The van der Waals surface area contributed by atoms with E-state index in [0.29, 0.717) is 0 Å². The van der Waals surface area contributed by atoms with E-state index in [4.69, 9.17) is 9.85 Å². The first-order valence-corrected chi connectivity index (χ1v) is 8.00. The van der Waals surface area contributed by atoms with Crippen molar-refractivity contribution in [3.8, 4) is 11.3 Å². The van der Waals surface area contributed by atoms with Crippen LogP contribution in [-0.4, -0.2) is 50.6 Å². The molecule has 0 fully saturated rings. The van der Waals surface area contributed by atoms with Gasteiger partial charge in [-0.15, -0.1) is 0 Å². The monoisotopic (exact) mass is 402 g/mol. The Morgan fingerprint density at radius 3 is 2.54 bits per heavy atom. The van der Waals surface area contributed by atoms with Crippen molar-refractivity contribution in [3.63, 3.8) is 0 Å². The first-order chi connectivity index (χ1) is 14.2. The fourth-order valence-electron chi connectivity index (χ4n) is 2.51. The molecular weight excluding hydrogens is 379 g/mol. The number of aliphatic hydroxyl groups excluding tert-OH is 2. The molecule has 5 N–H and O–H groups in total. The lowest BCUT2D eigenvalue weighted by Crippen LogP contribution is -2.45. The van der Waals surface area contributed by atoms with Crippen LogP contribution >= 0.6 is 0 Å². The van der Waals surface area contributed by atoms with Crippen LogP contribution in [0.1, 0.15) is 44.3 Å². The van der Waals surface area contributed by atoms with Gasteiger partial charge >= 0.3 is 6.18 Å². The third-order valence-electron chi connectivity index (χ3n) is 4.25. The van der Waals surface area contributed by atoms with Gasteiger partial charge in [0, 0.05) is 15.6 Å². The highest BCUT2D eigenvalue weighted by Gasteiger charge is 2.54. The fourth-order valence-corrected chi connectivity index (χ4v) is 2.51. The smallest absolute Gasteiger partial charge is 0.396 e. The molecule has 0 spiro atoms. The maximum absolute atomic E-state index is 13.4. The molecule has 0 saturated heterocycles. The minimum atomic E-state index is -5.27. The van der Waals surface area contributed by atoms with E-state index in [9.17, 15) is 33.3 Å². The fraction of sp³-hybridized carbons (Fsp3) is 0.389. The van der Waals surface area contributed by atoms with Crippen LogP contribution < -0.4 is 5.73 Å². The van der Waals surface area contributed by atoms with Gasteiger partial charge in [0.1, 0.15) is 5.69 Å². The second-order valence-corrected chi connectivity index (χ2v) is 6.21. The van der Waals surface area contributed by atoms with Crippen molar-refractivity contribution in [2.75, 3.05) is 13.2 Å². The standard InChI is InChI=1S/C18H20F3N3O4/c1-9-3-4-11(17(28,8-26)18(19,20)21)5-12(9)13-6-23-14(10(2)7-25)15(24-13)16(22)27/h3-6,10,25-26,28H,7-8H2,1-2H3,(H2,22,27)/t10-,17-/m1/s1/i1D3. The van der Waals surface area contributed by atoms with E-state index in [-0.39, 0.29) is 17.0 Å². The van der Waals surface area contributed by atoms with Gasteiger partial charge in [0.25, 0.3) is 5.91 Å². The number of hydrogen-bond acceptors (Lipinski definition) is 6. The first-order valence-electron chi connectivity index (χ1n) is 9.50. The maximum Gasteiger partial charge on any atom is 0.423 e. The van der Waals surface area contributed by atoms with Crippen LogP contribution in [0.25, 0.3) is 11.3 Å². The van der Waals surface area contributed by atoms with Gasteiger partial charge in [0.05, 0.1) is 30.8 Å². The van der Waals surface area contributed by atoms with Crippen LogP contribution in [0.4, 0.5) is 13.2 Å². The number of alkyl halides is 3. The Morgan fingerprint density at radius 1 is 1.36 bits per heavy atom. The summed E-state index contributed by atoms with van der Waals surface area (Å²) in [6.45, 7) is -3.39. The summed E-state index contributed by atoms with van der Waals surface area (Å²) in [5, 5.41) is 28.6. The number of halogens is 3. The van der Waals surface area contributed by atoms with Crippen molar-refractivity contribution in [1.29, 1.82) is 0 Å². The van der Waals surface area contributed by atoms with E-state index in [2.05, 4.69) is 9.97 Å².